The van der Waals surface area contributed by atoms with E-state index in [4.69, 9.17) is 16.3 Å². The monoisotopic (exact) mass is 327 g/mol. The number of rotatable bonds is 3. The van der Waals surface area contributed by atoms with Gasteiger partial charge in [0, 0.05) is 11.5 Å². The molecule has 0 radical (unpaired) electrons. The number of methoxy groups -OCH3 is 1. The van der Waals surface area contributed by atoms with E-state index in [1.165, 1.54) is 19.2 Å². The maximum atomic E-state index is 13.6. The van der Waals surface area contributed by atoms with Crippen LogP contribution in [0.5, 0.6) is 0 Å². The van der Waals surface area contributed by atoms with E-state index < -0.39 is 5.82 Å². The number of halogens is 2. The third-order valence-corrected chi connectivity index (χ3v) is 4.54. The van der Waals surface area contributed by atoms with E-state index in [0.717, 1.165) is 0 Å². The van der Waals surface area contributed by atoms with Gasteiger partial charge in [0.05, 0.1) is 23.7 Å². The highest BCUT2D eigenvalue weighted by atomic mass is 35.5. The van der Waals surface area contributed by atoms with Crippen molar-refractivity contribution in [1.82, 2.24) is 0 Å². The molecule has 1 amide bonds. The molecule has 1 saturated carbocycles. The van der Waals surface area contributed by atoms with Crippen LogP contribution in [0.4, 0.5) is 10.1 Å². The third kappa shape index (κ3) is 3.58. The fourth-order valence-corrected chi connectivity index (χ4v) is 3.04. The molecule has 0 aromatic heterocycles. The van der Waals surface area contributed by atoms with Gasteiger partial charge in [-0.1, -0.05) is 11.6 Å². The molecule has 1 fully saturated rings. The Kier molecular flexibility index (Phi) is 5.40. The second kappa shape index (κ2) is 7.09. The Labute approximate surface area is 134 Å². The van der Waals surface area contributed by atoms with Crippen molar-refractivity contribution in [1.29, 1.82) is 0 Å². The molecule has 0 unspecified atom stereocenters. The zero-order chi connectivity index (χ0) is 16.3. The molecule has 1 aromatic carbocycles. The summed E-state index contributed by atoms with van der Waals surface area (Å²) < 4.78 is 18.3. The number of esters is 1. The maximum Gasteiger partial charge on any atom is 0.308 e. The van der Waals surface area contributed by atoms with E-state index in [-0.39, 0.29) is 23.7 Å². The molecule has 2 rings (SSSR count). The third-order valence-electron chi connectivity index (χ3n) is 4.23. The van der Waals surface area contributed by atoms with Gasteiger partial charge in [-0.15, -0.1) is 0 Å². The molecule has 22 heavy (non-hydrogen) atoms. The van der Waals surface area contributed by atoms with Crippen LogP contribution in [0.1, 0.15) is 31.2 Å². The van der Waals surface area contributed by atoms with Crippen molar-refractivity contribution in [3.05, 3.63) is 28.5 Å². The molecule has 0 atom stereocenters. The van der Waals surface area contributed by atoms with Crippen LogP contribution < -0.4 is 5.32 Å². The van der Waals surface area contributed by atoms with Crippen molar-refractivity contribution in [2.75, 3.05) is 12.4 Å². The molecule has 0 bridgehead atoms. The molecule has 1 aromatic rings. The van der Waals surface area contributed by atoms with Crippen molar-refractivity contribution < 1.29 is 18.7 Å². The minimum absolute atomic E-state index is 0.131. The van der Waals surface area contributed by atoms with Crippen LogP contribution >= 0.6 is 11.6 Å². The Balaban J connectivity index is 2.00. The number of anilines is 1. The summed E-state index contributed by atoms with van der Waals surface area (Å²) in [5, 5.41) is 3.04. The van der Waals surface area contributed by atoms with Gasteiger partial charge in [-0.3, -0.25) is 9.59 Å². The normalized spacial score (nSPS) is 21.3. The molecule has 0 heterocycles. The zero-order valence-corrected chi connectivity index (χ0v) is 13.4. The summed E-state index contributed by atoms with van der Waals surface area (Å²) in [6.45, 7) is 1.57. The highest BCUT2D eigenvalue weighted by Crippen LogP contribution is 2.32. The van der Waals surface area contributed by atoms with Crippen LogP contribution in [-0.4, -0.2) is 19.0 Å². The van der Waals surface area contributed by atoms with Crippen molar-refractivity contribution in [3.63, 3.8) is 0 Å². The summed E-state index contributed by atoms with van der Waals surface area (Å²) in [5.74, 6) is -1.14. The Bertz CT molecular complexity index is 583. The van der Waals surface area contributed by atoms with Crippen LogP contribution in [0.2, 0.25) is 5.02 Å². The number of carbonyl (C=O) groups excluding carboxylic acids is 2. The second-order valence-electron chi connectivity index (χ2n) is 5.59. The first-order valence-electron chi connectivity index (χ1n) is 7.27. The highest BCUT2D eigenvalue weighted by molar-refractivity contribution is 6.34. The fraction of sp³-hybridized carbons (Fsp3) is 0.500. The number of ether oxygens (including phenoxy) is 1. The van der Waals surface area contributed by atoms with Gasteiger partial charge < -0.3 is 10.1 Å². The fourth-order valence-electron chi connectivity index (χ4n) is 2.79. The lowest BCUT2D eigenvalue weighted by atomic mass is 9.81. The van der Waals surface area contributed by atoms with E-state index >= 15 is 0 Å². The first-order valence-corrected chi connectivity index (χ1v) is 7.65. The summed E-state index contributed by atoms with van der Waals surface area (Å²) in [6.07, 6.45) is 2.47. The smallest absolute Gasteiger partial charge is 0.308 e. The van der Waals surface area contributed by atoms with Gasteiger partial charge >= 0.3 is 5.97 Å². The SMILES string of the molecule is COC(=O)C1CCC(C(=O)Nc2c(Cl)ccc(F)c2C)CC1. The Morgan fingerprint density at radius 1 is 1.23 bits per heavy atom. The van der Waals surface area contributed by atoms with Gasteiger partial charge in [0.15, 0.2) is 0 Å². The summed E-state index contributed by atoms with van der Waals surface area (Å²) in [4.78, 5) is 23.8. The maximum absolute atomic E-state index is 13.6. The van der Waals surface area contributed by atoms with Gasteiger partial charge in [-0.2, -0.15) is 0 Å². The van der Waals surface area contributed by atoms with Crippen LogP contribution in [0.15, 0.2) is 12.1 Å². The first kappa shape index (κ1) is 16.7. The number of amides is 1. The molecule has 1 aliphatic carbocycles. The Hall–Kier alpha value is -1.62. The average Bonchev–Trinajstić information content (AvgIpc) is 2.54. The van der Waals surface area contributed by atoms with E-state index in [2.05, 4.69) is 5.32 Å². The van der Waals surface area contributed by atoms with Gasteiger partial charge in [0.25, 0.3) is 0 Å². The van der Waals surface area contributed by atoms with Gasteiger partial charge in [-0.05, 0) is 44.7 Å². The summed E-state index contributed by atoms with van der Waals surface area (Å²) in [5.41, 5.74) is 0.644. The van der Waals surface area contributed by atoms with Crippen molar-refractivity contribution >= 4 is 29.2 Å². The Morgan fingerprint density at radius 3 is 2.41 bits per heavy atom. The molecule has 0 aliphatic heterocycles. The molecule has 0 saturated heterocycles. The lowest BCUT2D eigenvalue weighted by Crippen LogP contribution is -2.30. The number of carbonyl (C=O) groups is 2. The van der Waals surface area contributed by atoms with Crippen molar-refractivity contribution in [2.24, 2.45) is 11.8 Å². The summed E-state index contributed by atoms with van der Waals surface area (Å²) >= 11 is 6.03. The highest BCUT2D eigenvalue weighted by Gasteiger charge is 2.30. The summed E-state index contributed by atoms with van der Waals surface area (Å²) in [6, 6.07) is 2.70. The molecular weight excluding hydrogens is 309 g/mol. The standard InChI is InChI=1S/C16H19ClFNO3/c1-9-13(18)8-7-12(17)14(9)19-15(20)10-3-5-11(6-4-10)16(21)22-2/h7-8,10-11H,3-6H2,1-2H3,(H,19,20). The quantitative estimate of drug-likeness (QED) is 0.861. The number of hydrogen-bond acceptors (Lipinski definition) is 3. The minimum atomic E-state index is -0.408. The topological polar surface area (TPSA) is 55.4 Å². The minimum Gasteiger partial charge on any atom is -0.469 e. The van der Waals surface area contributed by atoms with Crippen LogP contribution in [0, 0.1) is 24.6 Å². The molecule has 120 valence electrons. The molecule has 4 nitrogen and oxygen atoms in total. The Morgan fingerprint density at radius 2 is 1.82 bits per heavy atom. The van der Waals surface area contributed by atoms with E-state index in [1.807, 2.05) is 0 Å². The second-order valence-corrected chi connectivity index (χ2v) is 6.00. The largest absolute Gasteiger partial charge is 0.469 e. The average molecular weight is 328 g/mol. The number of nitrogens with one attached hydrogen (secondary N) is 1. The summed E-state index contributed by atoms with van der Waals surface area (Å²) in [7, 11) is 1.37. The van der Waals surface area contributed by atoms with E-state index in [1.54, 1.807) is 6.92 Å². The van der Waals surface area contributed by atoms with E-state index in [9.17, 15) is 14.0 Å². The molecule has 0 spiro atoms. The predicted octanol–water partition coefficient (Wildman–Crippen LogP) is 3.71. The molecule has 1 N–H and O–H groups in total. The van der Waals surface area contributed by atoms with Gasteiger partial charge in [-0.25, -0.2) is 4.39 Å². The first-order chi connectivity index (χ1) is 10.4. The molecule has 1 aliphatic rings. The van der Waals surface area contributed by atoms with Crippen LogP contribution in [0.3, 0.4) is 0 Å². The van der Waals surface area contributed by atoms with E-state index in [0.29, 0.717) is 42.0 Å². The van der Waals surface area contributed by atoms with Gasteiger partial charge in [0.1, 0.15) is 5.82 Å². The lowest BCUT2D eigenvalue weighted by molar-refractivity contribution is -0.147. The number of benzene rings is 1. The number of hydrogen-bond donors (Lipinski definition) is 1. The van der Waals surface area contributed by atoms with Crippen molar-refractivity contribution in [3.8, 4) is 0 Å². The molecular formula is C16H19ClFNO3. The van der Waals surface area contributed by atoms with Crippen LogP contribution in [0.25, 0.3) is 0 Å². The van der Waals surface area contributed by atoms with Gasteiger partial charge in [0.2, 0.25) is 5.91 Å². The predicted molar refractivity (Wildman–Crippen MR) is 82.2 cm³/mol. The molecule has 6 heteroatoms. The zero-order valence-electron chi connectivity index (χ0n) is 12.6. The van der Waals surface area contributed by atoms with Crippen LogP contribution in [-0.2, 0) is 14.3 Å². The van der Waals surface area contributed by atoms with Crippen molar-refractivity contribution in [2.45, 2.75) is 32.6 Å². The lowest BCUT2D eigenvalue weighted by Gasteiger charge is -2.26.